The molecule has 1 saturated carbocycles. The lowest BCUT2D eigenvalue weighted by atomic mass is 9.91. The smallest absolute Gasteiger partial charge is 0.0425 e. The number of rotatable bonds is 5. The van der Waals surface area contributed by atoms with E-state index in [-0.39, 0.29) is 0 Å². The Morgan fingerprint density at radius 2 is 1.55 bits per heavy atom. The maximum atomic E-state index is 7.33. The summed E-state index contributed by atoms with van der Waals surface area (Å²) in [5.41, 5.74) is 8.82. The third kappa shape index (κ3) is 10.4. The molecule has 1 fully saturated rings. The Bertz CT molecular complexity index is 355. The van der Waals surface area contributed by atoms with Crippen LogP contribution in [0.2, 0.25) is 0 Å². The van der Waals surface area contributed by atoms with Crippen LogP contribution in [0.15, 0.2) is 35.6 Å². The van der Waals surface area contributed by atoms with Crippen LogP contribution in [-0.4, -0.2) is 18.3 Å². The van der Waals surface area contributed by atoms with Gasteiger partial charge >= 0.3 is 0 Å². The molecule has 22 heavy (non-hydrogen) atoms. The molecule has 0 bridgehead atoms. The standard InChI is InChI=1S/C15H25N3.2C2H6/c1-11(2)4-9-15(12(3)10-16)18-14-7-5-13(17)6-8-14;2*1-2/h4,9-10,13-14,16,18H,3,5-8,17H2,1-2H3;2*1-2H3/b15-9+,16-10?;;. The molecule has 128 valence electrons. The van der Waals surface area contributed by atoms with Crippen LogP contribution in [-0.2, 0) is 0 Å². The molecular formula is C19H37N3. The highest BCUT2D eigenvalue weighted by Gasteiger charge is 2.18. The minimum atomic E-state index is 0.360. The van der Waals surface area contributed by atoms with Crippen LogP contribution >= 0.6 is 0 Å². The topological polar surface area (TPSA) is 61.9 Å². The molecular weight excluding hydrogens is 270 g/mol. The van der Waals surface area contributed by atoms with E-state index in [1.807, 2.05) is 39.8 Å². The van der Waals surface area contributed by atoms with Crippen LogP contribution in [0, 0.1) is 5.41 Å². The van der Waals surface area contributed by atoms with Crippen LogP contribution in [0.25, 0.3) is 0 Å². The molecule has 0 radical (unpaired) electrons. The van der Waals surface area contributed by atoms with E-state index in [4.69, 9.17) is 11.1 Å². The van der Waals surface area contributed by atoms with E-state index >= 15 is 0 Å². The predicted molar refractivity (Wildman–Crippen MR) is 102 cm³/mol. The molecule has 0 aromatic carbocycles. The first-order valence-corrected chi connectivity index (χ1v) is 8.60. The van der Waals surface area contributed by atoms with Gasteiger partial charge in [-0.1, -0.05) is 45.9 Å². The van der Waals surface area contributed by atoms with Crippen molar-refractivity contribution in [3.8, 4) is 0 Å². The van der Waals surface area contributed by atoms with Crippen LogP contribution < -0.4 is 11.1 Å². The van der Waals surface area contributed by atoms with E-state index in [0.717, 1.165) is 37.0 Å². The fraction of sp³-hybridized carbons (Fsp3) is 0.632. The molecule has 0 aromatic heterocycles. The third-order valence-corrected chi connectivity index (χ3v) is 3.23. The van der Waals surface area contributed by atoms with Gasteiger partial charge in [-0.25, -0.2) is 0 Å². The Kier molecular flexibility index (Phi) is 15.2. The summed E-state index contributed by atoms with van der Waals surface area (Å²) in [5, 5.41) is 10.8. The van der Waals surface area contributed by atoms with Gasteiger partial charge in [-0.3, -0.25) is 0 Å². The Labute approximate surface area is 138 Å². The second-order valence-electron chi connectivity index (χ2n) is 5.25. The van der Waals surface area contributed by atoms with Crippen molar-refractivity contribution in [1.29, 1.82) is 5.41 Å². The lowest BCUT2D eigenvalue weighted by molar-refractivity contribution is 0.362. The van der Waals surface area contributed by atoms with Crippen molar-refractivity contribution in [1.82, 2.24) is 5.32 Å². The van der Waals surface area contributed by atoms with Gasteiger partial charge in [0.25, 0.3) is 0 Å². The molecule has 0 aromatic rings. The van der Waals surface area contributed by atoms with E-state index in [2.05, 4.69) is 25.7 Å². The van der Waals surface area contributed by atoms with Gasteiger partial charge in [0.05, 0.1) is 0 Å². The first-order chi connectivity index (χ1) is 10.5. The third-order valence-electron chi connectivity index (χ3n) is 3.23. The van der Waals surface area contributed by atoms with Crippen molar-refractivity contribution in [2.45, 2.75) is 79.3 Å². The van der Waals surface area contributed by atoms with Gasteiger partial charge in [-0.15, -0.1) is 0 Å². The van der Waals surface area contributed by atoms with Crippen molar-refractivity contribution in [2.75, 3.05) is 0 Å². The van der Waals surface area contributed by atoms with Gasteiger partial charge in [-0.2, -0.15) is 0 Å². The fourth-order valence-electron chi connectivity index (χ4n) is 2.06. The monoisotopic (exact) mass is 307 g/mol. The number of hydrogen-bond acceptors (Lipinski definition) is 3. The van der Waals surface area contributed by atoms with Crippen molar-refractivity contribution in [3.63, 3.8) is 0 Å². The van der Waals surface area contributed by atoms with Gasteiger partial charge in [0.15, 0.2) is 0 Å². The molecule has 0 spiro atoms. The van der Waals surface area contributed by atoms with Gasteiger partial charge in [0.2, 0.25) is 0 Å². The average Bonchev–Trinajstić information content (AvgIpc) is 2.56. The Morgan fingerprint density at radius 1 is 1.05 bits per heavy atom. The highest BCUT2D eigenvalue weighted by atomic mass is 14.9. The summed E-state index contributed by atoms with van der Waals surface area (Å²) in [6.45, 7) is 16.0. The van der Waals surface area contributed by atoms with E-state index in [9.17, 15) is 0 Å². The molecule has 0 amide bonds. The maximum Gasteiger partial charge on any atom is 0.0425 e. The molecule has 4 N–H and O–H groups in total. The van der Waals surface area contributed by atoms with Crippen molar-refractivity contribution >= 4 is 6.21 Å². The number of allylic oxidation sites excluding steroid dienone is 4. The summed E-state index contributed by atoms with van der Waals surface area (Å²) in [5.74, 6) is 0. The average molecular weight is 308 g/mol. The van der Waals surface area contributed by atoms with Gasteiger partial charge < -0.3 is 16.5 Å². The number of nitrogens with two attached hydrogens (primary N) is 1. The Morgan fingerprint density at radius 3 is 1.95 bits per heavy atom. The SMILES string of the molecule is C=C(C=N)/C(=C\C=C(C)C)NC1CCC(N)CC1.CC.CC. The second-order valence-corrected chi connectivity index (χ2v) is 5.25. The lowest BCUT2D eigenvalue weighted by Gasteiger charge is -2.28. The molecule has 3 nitrogen and oxygen atoms in total. The summed E-state index contributed by atoms with van der Waals surface area (Å²) < 4.78 is 0. The molecule has 0 atom stereocenters. The van der Waals surface area contributed by atoms with Crippen LogP contribution in [0.4, 0.5) is 0 Å². The number of hydrogen-bond donors (Lipinski definition) is 3. The van der Waals surface area contributed by atoms with Crippen molar-refractivity contribution < 1.29 is 0 Å². The van der Waals surface area contributed by atoms with Crippen molar-refractivity contribution in [3.05, 3.63) is 35.6 Å². The molecule has 0 unspecified atom stereocenters. The van der Waals surface area contributed by atoms with Gasteiger partial charge in [0.1, 0.15) is 0 Å². The lowest BCUT2D eigenvalue weighted by Crippen LogP contribution is -2.37. The second kappa shape index (κ2) is 14.6. The van der Waals surface area contributed by atoms with Crippen LogP contribution in [0.1, 0.15) is 67.2 Å². The molecule has 3 heteroatoms. The van der Waals surface area contributed by atoms with Crippen LogP contribution in [0.3, 0.4) is 0 Å². The van der Waals surface area contributed by atoms with E-state index in [1.54, 1.807) is 0 Å². The number of nitrogens with one attached hydrogen (secondary N) is 2. The van der Waals surface area contributed by atoms with Gasteiger partial charge in [-0.05, 0) is 45.6 Å². The molecule has 0 aliphatic heterocycles. The first-order valence-electron chi connectivity index (χ1n) is 8.60. The van der Waals surface area contributed by atoms with Crippen molar-refractivity contribution in [2.24, 2.45) is 5.73 Å². The predicted octanol–water partition coefficient (Wildman–Crippen LogP) is 4.95. The highest BCUT2D eigenvalue weighted by molar-refractivity contribution is 5.81. The van der Waals surface area contributed by atoms with Gasteiger partial charge in [0, 0.05) is 29.6 Å². The van der Waals surface area contributed by atoms with E-state index < -0.39 is 0 Å². The zero-order valence-corrected chi connectivity index (χ0v) is 15.5. The van der Waals surface area contributed by atoms with E-state index in [0.29, 0.717) is 12.1 Å². The summed E-state index contributed by atoms with van der Waals surface area (Å²) >= 11 is 0. The summed E-state index contributed by atoms with van der Waals surface area (Å²) in [6, 6.07) is 0.817. The summed E-state index contributed by atoms with van der Waals surface area (Å²) in [7, 11) is 0. The zero-order valence-electron chi connectivity index (χ0n) is 15.5. The van der Waals surface area contributed by atoms with E-state index in [1.165, 1.54) is 11.8 Å². The van der Waals surface area contributed by atoms with Crippen LogP contribution in [0.5, 0.6) is 0 Å². The molecule has 0 saturated heterocycles. The largest absolute Gasteiger partial charge is 0.382 e. The Hall–Kier alpha value is -1.35. The fourth-order valence-corrected chi connectivity index (χ4v) is 2.06. The minimum Gasteiger partial charge on any atom is -0.382 e. The quantitative estimate of drug-likeness (QED) is 0.497. The molecule has 1 aliphatic rings. The Balaban J connectivity index is 0. The molecule has 0 heterocycles. The summed E-state index contributed by atoms with van der Waals surface area (Å²) in [4.78, 5) is 0. The molecule has 1 rings (SSSR count). The minimum absolute atomic E-state index is 0.360. The normalized spacial score (nSPS) is 20.4. The first kappa shape index (κ1) is 22.9. The molecule has 1 aliphatic carbocycles. The maximum absolute atomic E-state index is 7.33. The zero-order chi connectivity index (χ0) is 17.5. The summed E-state index contributed by atoms with van der Waals surface area (Å²) in [6.07, 6.45) is 9.70. The highest BCUT2D eigenvalue weighted by Crippen LogP contribution is 2.19.